The summed E-state index contributed by atoms with van der Waals surface area (Å²) < 4.78 is 29.2. The Morgan fingerprint density at radius 2 is 1.94 bits per heavy atom. The molecule has 0 atom stereocenters. The van der Waals surface area contributed by atoms with E-state index in [9.17, 15) is 13.2 Å². The molecule has 18 heavy (non-hydrogen) atoms. The van der Waals surface area contributed by atoms with Crippen molar-refractivity contribution in [2.24, 2.45) is 0 Å². The van der Waals surface area contributed by atoms with Gasteiger partial charge in [-0.1, -0.05) is 15.9 Å². The van der Waals surface area contributed by atoms with Crippen LogP contribution < -0.4 is 5.32 Å². The molecule has 0 aliphatic carbocycles. The average Bonchev–Trinajstić information content (AvgIpc) is 2.29. The van der Waals surface area contributed by atoms with Crippen LogP contribution in [0.25, 0.3) is 0 Å². The Labute approximate surface area is 115 Å². The van der Waals surface area contributed by atoms with E-state index in [4.69, 9.17) is 0 Å². The van der Waals surface area contributed by atoms with Gasteiger partial charge in [0.05, 0.1) is 17.3 Å². The van der Waals surface area contributed by atoms with Gasteiger partial charge in [0.1, 0.15) is 0 Å². The summed E-state index contributed by atoms with van der Waals surface area (Å²) in [6, 6.07) is 6.35. The zero-order valence-electron chi connectivity index (χ0n) is 9.85. The van der Waals surface area contributed by atoms with Crippen molar-refractivity contribution in [3.8, 4) is 0 Å². The van der Waals surface area contributed by atoms with E-state index in [1.54, 1.807) is 19.1 Å². The Kier molecular flexibility index (Phi) is 5.61. The minimum absolute atomic E-state index is 0.0250. The van der Waals surface area contributed by atoms with Crippen LogP contribution in [0.4, 0.5) is 4.79 Å². The number of alkyl carbamates (subject to hydrolysis) is 1. The fraction of sp³-hybridized carbons (Fsp3) is 0.364. The predicted molar refractivity (Wildman–Crippen MR) is 71.2 cm³/mol. The third-order valence-corrected chi connectivity index (χ3v) is 4.35. The molecular formula is C11H14BrNO4S. The lowest BCUT2D eigenvalue weighted by atomic mass is 10.4. The van der Waals surface area contributed by atoms with Crippen LogP contribution in [0.2, 0.25) is 0 Å². The summed E-state index contributed by atoms with van der Waals surface area (Å²) in [6.45, 7) is 1.96. The van der Waals surface area contributed by atoms with Gasteiger partial charge in [0, 0.05) is 11.0 Å². The summed E-state index contributed by atoms with van der Waals surface area (Å²) in [4.78, 5) is 11.2. The number of ether oxygens (including phenoxy) is 1. The van der Waals surface area contributed by atoms with E-state index >= 15 is 0 Å². The van der Waals surface area contributed by atoms with E-state index in [0.717, 1.165) is 4.47 Å². The Morgan fingerprint density at radius 1 is 1.33 bits per heavy atom. The zero-order valence-corrected chi connectivity index (χ0v) is 12.3. The largest absolute Gasteiger partial charge is 0.450 e. The molecule has 100 valence electrons. The number of nitrogens with one attached hydrogen (secondary N) is 1. The van der Waals surface area contributed by atoms with Crippen LogP contribution >= 0.6 is 15.9 Å². The first-order chi connectivity index (χ1) is 8.45. The summed E-state index contributed by atoms with van der Waals surface area (Å²) in [5, 5.41) is 2.37. The Bertz CT molecular complexity index is 498. The lowest BCUT2D eigenvalue weighted by molar-refractivity contribution is 0.153. The molecule has 1 rings (SSSR count). The van der Waals surface area contributed by atoms with Gasteiger partial charge >= 0.3 is 6.09 Å². The summed E-state index contributed by atoms with van der Waals surface area (Å²) >= 11 is 3.23. The third-order valence-electron chi connectivity index (χ3n) is 2.09. The fourth-order valence-electron chi connectivity index (χ4n) is 1.23. The molecule has 0 heterocycles. The minimum atomic E-state index is -3.38. The standard InChI is InChI=1S/C11H14BrNO4S/c1-2-17-11(14)13-7-8-18(15,16)10-5-3-9(12)4-6-10/h3-6H,2,7-8H2,1H3,(H,13,14). The second-order valence-electron chi connectivity index (χ2n) is 3.42. The number of amides is 1. The maximum atomic E-state index is 11.9. The van der Waals surface area contributed by atoms with Crippen molar-refractivity contribution >= 4 is 31.9 Å². The first-order valence-electron chi connectivity index (χ1n) is 5.34. The molecule has 1 N–H and O–H groups in total. The van der Waals surface area contributed by atoms with Crippen molar-refractivity contribution in [1.29, 1.82) is 0 Å². The van der Waals surface area contributed by atoms with Gasteiger partial charge in [0.2, 0.25) is 0 Å². The van der Waals surface area contributed by atoms with Crippen LogP contribution in [0.3, 0.4) is 0 Å². The van der Waals surface area contributed by atoms with Gasteiger partial charge in [0.25, 0.3) is 0 Å². The summed E-state index contributed by atoms with van der Waals surface area (Å²) in [7, 11) is -3.38. The van der Waals surface area contributed by atoms with Gasteiger partial charge in [0.15, 0.2) is 9.84 Å². The first kappa shape index (κ1) is 15.0. The Hall–Kier alpha value is -1.08. The molecule has 7 heteroatoms. The molecule has 0 bridgehead atoms. The van der Waals surface area contributed by atoms with E-state index in [1.807, 2.05) is 0 Å². The average molecular weight is 336 g/mol. The monoisotopic (exact) mass is 335 g/mol. The van der Waals surface area contributed by atoms with E-state index in [2.05, 4.69) is 26.0 Å². The molecule has 5 nitrogen and oxygen atoms in total. The van der Waals surface area contributed by atoms with E-state index < -0.39 is 15.9 Å². The highest BCUT2D eigenvalue weighted by Crippen LogP contribution is 2.15. The summed E-state index contributed by atoms with van der Waals surface area (Å²) in [6.07, 6.45) is -0.608. The van der Waals surface area contributed by atoms with E-state index in [-0.39, 0.29) is 23.8 Å². The molecule has 0 aliphatic rings. The molecule has 0 radical (unpaired) electrons. The molecule has 0 fully saturated rings. The molecular weight excluding hydrogens is 322 g/mol. The van der Waals surface area contributed by atoms with Crippen LogP contribution in [0.15, 0.2) is 33.6 Å². The Morgan fingerprint density at radius 3 is 2.50 bits per heavy atom. The van der Waals surface area contributed by atoms with Gasteiger partial charge < -0.3 is 10.1 Å². The van der Waals surface area contributed by atoms with E-state index in [1.165, 1.54) is 12.1 Å². The van der Waals surface area contributed by atoms with Crippen LogP contribution in [0, 0.1) is 0 Å². The maximum absolute atomic E-state index is 11.9. The number of sulfone groups is 1. The zero-order chi connectivity index (χ0) is 13.6. The minimum Gasteiger partial charge on any atom is -0.450 e. The third kappa shape index (κ3) is 4.66. The molecule has 0 unspecified atom stereocenters. The highest BCUT2D eigenvalue weighted by Gasteiger charge is 2.14. The van der Waals surface area contributed by atoms with E-state index in [0.29, 0.717) is 0 Å². The van der Waals surface area contributed by atoms with Crippen molar-refractivity contribution in [2.75, 3.05) is 18.9 Å². The second kappa shape index (κ2) is 6.75. The van der Waals surface area contributed by atoms with Crippen LogP contribution in [0.1, 0.15) is 6.92 Å². The number of benzene rings is 1. The van der Waals surface area contributed by atoms with Crippen molar-refractivity contribution in [3.05, 3.63) is 28.7 Å². The van der Waals surface area contributed by atoms with Crippen molar-refractivity contribution in [3.63, 3.8) is 0 Å². The van der Waals surface area contributed by atoms with Gasteiger partial charge in [-0.25, -0.2) is 13.2 Å². The van der Waals surface area contributed by atoms with Crippen molar-refractivity contribution in [2.45, 2.75) is 11.8 Å². The number of rotatable bonds is 5. The molecule has 0 saturated heterocycles. The first-order valence-corrected chi connectivity index (χ1v) is 7.79. The number of hydrogen-bond acceptors (Lipinski definition) is 4. The highest BCUT2D eigenvalue weighted by molar-refractivity contribution is 9.10. The van der Waals surface area contributed by atoms with Gasteiger partial charge in [-0.3, -0.25) is 0 Å². The number of halogens is 1. The molecule has 1 amide bonds. The van der Waals surface area contributed by atoms with Gasteiger partial charge in [-0.05, 0) is 31.2 Å². The highest BCUT2D eigenvalue weighted by atomic mass is 79.9. The fourth-order valence-corrected chi connectivity index (χ4v) is 2.65. The molecule has 1 aromatic rings. The lowest BCUT2D eigenvalue weighted by Gasteiger charge is -2.06. The molecule has 1 aromatic carbocycles. The van der Waals surface area contributed by atoms with Crippen LogP contribution in [-0.4, -0.2) is 33.4 Å². The smallest absolute Gasteiger partial charge is 0.407 e. The molecule has 0 saturated carbocycles. The Balaban J connectivity index is 2.55. The normalized spacial score (nSPS) is 11.0. The topological polar surface area (TPSA) is 72.5 Å². The number of hydrogen-bond donors (Lipinski definition) is 1. The number of carbonyl (C=O) groups is 1. The molecule has 0 spiro atoms. The SMILES string of the molecule is CCOC(=O)NCCS(=O)(=O)c1ccc(Br)cc1. The second-order valence-corrected chi connectivity index (χ2v) is 6.44. The van der Waals surface area contributed by atoms with Crippen molar-refractivity contribution < 1.29 is 17.9 Å². The lowest BCUT2D eigenvalue weighted by Crippen LogP contribution is -2.29. The van der Waals surface area contributed by atoms with Crippen LogP contribution in [0.5, 0.6) is 0 Å². The van der Waals surface area contributed by atoms with Gasteiger partial charge in [-0.2, -0.15) is 0 Å². The predicted octanol–water partition coefficient (Wildman–Crippen LogP) is 1.97. The van der Waals surface area contributed by atoms with Crippen LogP contribution in [-0.2, 0) is 14.6 Å². The van der Waals surface area contributed by atoms with Crippen molar-refractivity contribution in [1.82, 2.24) is 5.32 Å². The molecule has 0 aromatic heterocycles. The van der Waals surface area contributed by atoms with Gasteiger partial charge in [-0.15, -0.1) is 0 Å². The molecule has 0 aliphatic heterocycles. The maximum Gasteiger partial charge on any atom is 0.407 e. The number of carbonyl (C=O) groups excluding carboxylic acids is 1. The quantitative estimate of drug-likeness (QED) is 0.892. The summed E-state index contributed by atoms with van der Waals surface area (Å²) in [5.41, 5.74) is 0. The summed E-state index contributed by atoms with van der Waals surface area (Å²) in [5.74, 6) is -0.159.